The van der Waals surface area contributed by atoms with E-state index in [-0.39, 0.29) is 6.03 Å². The minimum atomic E-state index is -0.719. The Kier molecular flexibility index (Phi) is 5.79. The fourth-order valence-corrected chi connectivity index (χ4v) is 4.38. The average Bonchev–Trinajstić information content (AvgIpc) is 2.53. The lowest BCUT2D eigenvalue weighted by molar-refractivity contribution is -0.151. The van der Waals surface area contributed by atoms with Gasteiger partial charge in [0, 0.05) is 24.9 Å². The maximum Gasteiger partial charge on any atom is 0.317 e. The highest BCUT2D eigenvalue weighted by atomic mass is 32.2. The highest BCUT2D eigenvalue weighted by molar-refractivity contribution is 7.99. The van der Waals surface area contributed by atoms with Gasteiger partial charge >= 0.3 is 12.0 Å². The molecule has 2 rings (SSSR count). The number of carbonyl (C=O) groups excluding carboxylic acids is 1. The molecule has 1 unspecified atom stereocenters. The van der Waals surface area contributed by atoms with Crippen LogP contribution in [0.4, 0.5) is 4.79 Å². The summed E-state index contributed by atoms with van der Waals surface area (Å²) < 4.78 is 0. The maximum absolute atomic E-state index is 12.2. The van der Waals surface area contributed by atoms with Crippen molar-refractivity contribution in [2.45, 2.75) is 50.7 Å². The highest BCUT2D eigenvalue weighted by Crippen LogP contribution is 2.35. The van der Waals surface area contributed by atoms with Crippen LogP contribution in [-0.4, -0.2) is 52.6 Å². The second-order valence-corrected chi connectivity index (χ2v) is 7.51. The third-order valence-corrected chi connectivity index (χ3v) is 6.29. The Morgan fingerprint density at radius 3 is 2.57 bits per heavy atom. The number of hydrogen-bond acceptors (Lipinski definition) is 3. The smallest absolute Gasteiger partial charge is 0.317 e. The minimum Gasteiger partial charge on any atom is -0.481 e. The summed E-state index contributed by atoms with van der Waals surface area (Å²) in [6.07, 6.45) is 5.48. The normalized spacial score (nSPS) is 25.4. The molecule has 120 valence electrons. The van der Waals surface area contributed by atoms with Crippen LogP contribution in [0.1, 0.15) is 45.4 Å². The summed E-state index contributed by atoms with van der Waals surface area (Å²) >= 11 is 1.95. The predicted octanol–water partition coefficient (Wildman–Crippen LogP) is 2.56. The zero-order valence-electron chi connectivity index (χ0n) is 12.8. The van der Waals surface area contributed by atoms with Gasteiger partial charge in [0.2, 0.25) is 0 Å². The summed E-state index contributed by atoms with van der Waals surface area (Å²) in [5.41, 5.74) is -0.629. The van der Waals surface area contributed by atoms with Gasteiger partial charge in [-0.3, -0.25) is 4.79 Å². The van der Waals surface area contributed by atoms with Gasteiger partial charge in [0.1, 0.15) is 0 Å². The third-order valence-electron chi connectivity index (χ3n) is 4.89. The van der Waals surface area contributed by atoms with Crippen molar-refractivity contribution in [1.82, 2.24) is 10.2 Å². The predicted molar refractivity (Wildman–Crippen MR) is 84.7 cm³/mol. The molecule has 0 spiro atoms. The van der Waals surface area contributed by atoms with Crippen molar-refractivity contribution >= 4 is 23.8 Å². The number of thioether (sulfide) groups is 1. The lowest BCUT2D eigenvalue weighted by atomic mass is 9.76. The number of rotatable bonds is 4. The van der Waals surface area contributed by atoms with Gasteiger partial charge in [-0.05, 0) is 37.9 Å². The molecular formula is C15H26N2O3S. The zero-order chi connectivity index (χ0) is 15.3. The van der Waals surface area contributed by atoms with Crippen molar-refractivity contribution in [3.8, 4) is 0 Å². The van der Waals surface area contributed by atoms with Gasteiger partial charge in [0.25, 0.3) is 0 Å². The molecule has 21 heavy (non-hydrogen) atoms. The Labute approximate surface area is 130 Å². The van der Waals surface area contributed by atoms with E-state index < -0.39 is 11.4 Å². The van der Waals surface area contributed by atoms with E-state index in [0.717, 1.165) is 6.54 Å². The first-order valence-electron chi connectivity index (χ1n) is 7.95. The SMILES string of the molecule is CCC1(C(=O)O)CCN(C(=O)NCC2CCCCS2)CC1. The number of piperidine rings is 1. The van der Waals surface area contributed by atoms with E-state index in [1.165, 1.54) is 25.0 Å². The first-order valence-corrected chi connectivity index (χ1v) is 9.00. The fourth-order valence-electron chi connectivity index (χ4n) is 3.14. The number of carboxylic acids is 1. The van der Waals surface area contributed by atoms with Crippen molar-refractivity contribution in [2.75, 3.05) is 25.4 Å². The summed E-state index contributed by atoms with van der Waals surface area (Å²) in [5.74, 6) is 0.477. The van der Waals surface area contributed by atoms with Crippen LogP contribution in [0.5, 0.6) is 0 Å². The number of carbonyl (C=O) groups is 2. The van der Waals surface area contributed by atoms with Gasteiger partial charge in [-0.25, -0.2) is 4.79 Å². The minimum absolute atomic E-state index is 0.0312. The molecule has 2 aliphatic heterocycles. The Morgan fingerprint density at radius 1 is 1.33 bits per heavy atom. The largest absolute Gasteiger partial charge is 0.481 e. The van der Waals surface area contributed by atoms with Crippen LogP contribution in [-0.2, 0) is 4.79 Å². The Hall–Kier alpha value is -0.910. The van der Waals surface area contributed by atoms with E-state index in [9.17, 15) is 14.7 Å². The van der Waals surface area contributed by atoms with Gasteiger partial charge in [0.15, 0.2) is 0 Å². The van der Waals surface area contributed by atoms with Crippen LogP contribution in [0.25, 0.3) is 0 Å². The molecule has 0 saturated carbocycles. The molecule has 0 aromatic carbocycles. The van der Waals surface area contributed by atoms with Crippen molar-refractivity contribution in [3.63, 3.8) is 0 Å². The van der Waals surface area contributed by atoms with Crippen LogP contribution in [0.3, 0.4) is 0 Å². The first kappa shape index (κ1) is 16.5. The van der Waals surface area contributed by atoms with E-state index in [2.05, 4.69) is 5.32 Å². The Balaban J connectivity index is 1.76. The summed E-state index contributed by atoms with van der Waals surface area (Å²) in [6, 6.07) is -0.0312. The van der Waals surface area contributed by atoms with E-state index in [1.807, 2.05) is 18.7 Å². The van der Waals surface area contributed by atoms with Gasteiger partial charge in [0.05, 0.1) is 5.41 Å². The molecule has 2 fully saturated rings. The number of hydrogen-bond donors (Lipinski definition) is 2. The number of carboxylic acid groups (broad SMARTS) is 1. The number of likely N-dealkylation sites (tertiary alicyclic amines) is 1. The summed E-state index contributed by atoms with van der Waals surface area (Å²) in [5, 5.41) is 12.9. The van der Waals surface area contributed by atoms with Crippen molar-refractivity contribution in [1.29, 1.82) is 0 Å². The lowest BCUT2D eigenvalue weighted by Gasteiger charge is -2.38. The number of urea groups is 1. The third kappa shape index (κ3) is 4.05. The molecule has 0 aromatic heterocycles. The number of amides is 2. The van der Waals surface area contributed by atoms with Crippen LogP contribution in [0.2, 0.25) is 0 Å². The lowest BCUT2D eigenvalue weighted by Crippen LogP contribution is -2.50. The summed E-state index contributed by atoms with van der Waals surface area (Å²) in [4.78, 5) is 25.3. The monoisotopic (exact) mass is 314 g/mol. The zero-order valence-corrected chi connectivity index (χ0v) is 13.6. The van der Waals surface area contributed by atoms with Crippen LogP contribution in [0, 0.1) is 5.41 Å². The average molecular weight is 314 g/mol. The molecular weight excluding hydrogens is 288 g/mol. The highest BCUT2D eigenvalue weighted by Gasteiger charge is 2.40. The van der Waals surface area contributed by atoms with Crippen molar-refractivity contribution in [2.24, 2.45) is 5.41 Å². The van der Waals surface area contributed by atoms with Crippen LogP contribution in [0.15, 0.2) is 0 Å². The van der Waals surface area contributed by atoms with E-state index in [0.29, 0.717) is 37.6 Å². The number of nitrogens with zero attached hydrogens (tertiary/aromatic N) is 1. The molecule has 2 aliphatic rings. The molecule has 2 heterocycles. The molecule has 0 bridgehead atoms. The quantitative estimate of drug-likeness (QED) is 0.837. The first-order chi connectivity index (χ1) is 10.1. The van der Waals surface area contributed by atoms with Gasteiger partial charge < -0.3 is 15.3 Å². The molecule has 1 atom stereocenters. The molecule has 0 aliphatic carbocycles. The van der Waals surface area contributed by atoms with E-state index >= 15 is 0 Å². The molecule has 0 radical (unpaired) electrons. The Bertz CT molecular complexity index is 375. The Morgan fingerprint density at radius 2 is 2.05 bits per heavy atom. The molecule has 2 amide bonds. The maximum atomic E-state index is 12.2. The fraction of sp³-hybridized carbons (Fsp3) is 0.867. The van der Waals surface area contributed by atoms with E-state index in [1.54, 1.807) is 4.90 Å². The van der Waals surface area contributed by atoms with Crippen LogP contribution >= 0.6 is 11.8 Å². The van der Waals surface area contributed by atoms with Crippen molar-refractivity contribution < 1.29 is 14.7 Å². The van der Waals surface area contributed by atoms with E-state index in [4.69, 9.17) is 0 Å². The topological polar surface area (TPSA) is 69.6 Å². The van der Waals surface area contributed by atoms with Gasteiger partial charge in [-0.15, -0.1) is 0 Å². The second-order valence-electron chi connectivity index (χ2n) is 6.10. The summed E-state index contributed by atoms with van der Waals surface area (Å²) in [7, 11) is 0. The summed E-state index contributed by atoms with van der Waals surface area (Å²) in [6.45, 7) is 3.75. The second kappa shape index (κ2) is 7.38. The van der Waals surface area contributed by atoms with Crippen molar-refractivity contribution in [3.05, 3.63) is 0 Å². The molecule has 2 N–H and O–H groups in total. The van der Waals surface area contributed by atoms with Gasteiger partial charge in [-0.2, -0.15) is 11.8 Å². The number of nitrogens with one attached hydrogen (secondary N) is 1. The molecule has 5 nitrogen and oxygen atoms in total. The standard InChI is InChI=1S/C15H26N2O3S/c1-2-15(13(18)19)6-8-17(9-7-15)14(20)16-11-12-5-3-4-10-21-12/h12H,2-11H2,1H3,(H,16,20)(H,18,19). The molecule has 2 saturated heterocycles. The molecule has 6 heteroatoms. The molecule has 0 aromatic rings. The van der Waals surface area contributed by atoms with Crippen LogP contribution < -0.4 is 5.32 Å². The van der Waals surface area contributed by atoms with Gasteiger partial charge in [-0.1, -0.05) is 13.3 Å². The number of aliphatic carboxylic acids is 1.